The summed E-state index contributed by atoms with van der Waals surface area (Å²) in [5.41, 5.74) is 2.12. The van der Waals surface area contributed by atoms with Gasteiger partial charge in [-0.3, -0.25) is 9.89 Å². The molecule has 0 spiro atoms. The SMILES string of the molecule is Cc1n[nH]c(C)c1C(C(=O)O)C(C)(C)C. The third kappa shape index (κ3) is 2.19. The number of nitrogens with one attached hydrogen (secondary N) is 1. The fourth-order valence-electron chi connectivity index (χ4n) is 1.91. The van der Waals surface area contributed by atoms with Gasteiger partial charge in [-0.15, -0.1) is 0 Å². The van der Waals surface area contributed by atoms with Gasteiger partial charge in [-0.05, 0) is 19.3 Å². The molecule has 0 fully saturated rings. The van der Waals surface area contributed by atoms with Gasteiger partial charge >= 0.3 is 5.97 Å². The van der Waals surface area contributed by atoms with E-state index in [9.17, 15) is 9.90 Å². The van der Waals surface area contributed by atoms with Crippen molar-refractivity contribution in [1.82, 2.24) is 10.2 Å². The van der Waals surface area contributed by atoms with E-state index in [4.69, 9.17) is 0 Å². The number of nitrogens with zero attached hydrogens (tertiary/aromatic N) is 1. The summed E-state index contributed by atoms with van der Waals surface area (Å²) in [6.07, 6.45) is 0. The molecule has 0 aliphatic rings. The molecule has 0 amide bonds. The lowest BCUT2D eigenvalue weighted by Crippen LogP contribution is -2.27. The van der Waals surface area contributed by atoms with Crippen LogP contribution in [-0.2, 0) is 4.79 Å². The van der Waals surface area contributed by atoms with Crippen molar-refractivity contribution in [3.8, 4) is 0 Å². The van der Waals surface area contributed by atoms with Crippen molar-refractivity contribution in [3.05, 3.63) is 17.0 Å². The van der Waals surface area contributed by atoms with Gasteiger partial charge in [-0.25, -0.2) is 0 Å². The second kappa shape index (κ2) is 3.68. The Morgan fingerprint density at radius 2 is 1.93 bits per heavy atom. The molecule has 0 saturated carbocycles. The third-order valence-corrected chi connectivity index (χ3v) is 2.59. The lowest BCUT2D eigenvalue weighted by Gasteiger charge is -2.27. The van der Waals surface area contributed by atoms with Crippen LogP contribution in [0.25, 0.3) is 0 Å². The number of hydrogen-bond acceptors (Lipinski definition) is 2. The van der Waals surface area contributed by atoms with E-state index in [0.717, 1.165) is 17.0 Å². The molecular weight excluding hydrogens is 192 g/mol. The number of aromatic nitrogens is 2. The summed E-state index contributed by atoms with van der Waals surface area (Å²) < 4.78 is 0. The van der Waals surface area contributed by atoms with Crippen molar-refractivity contribution in [2.45, 2.75) is 40.5 Å². The van der Waals surface area contributed by atoms with E-state index in [1.807, 2.05) is 34.6 Å². The molecule has 1 aromatic heterocycles. The van der Waals surface area contributed by atoms with Crippen LogP contribution < -0.4 is 0 Å². The highest BCUT2D eigenvalue weighted by Crippen LogP contribution is 2.37. The van der Waals surface area contributed by atoms with Crippen LogP contribution in [0, 0.1) is 19.3 Å². The van der Waals surface area contributed by atoms with Crippen LogP contribution in [0.4, 0.5) is 0 Å². The second-order valence-corrected chi connectivity index (χ2v) is 4.98. The smallest absolute Gasteiger partial charge is 0.311 e. The zero-order valence-electron chi connectivity index (χ0n) is 9.88. The van der Waals surface area contributed by atoms with Gasteiger partial charge in [0.25, 0.3) is 0 Å². The first-order chi connectivity index (χ1) is 6.75. The van der Waals surface area contributed by atoms with E-state index in [0.29, 0.717) is 0 Å². The normalized spacial score (nSPS) is 13.9. The fraction of sp³-hybridized carbons (Fsp3) is 0.636. The largest absolute Gasteiger partial charge is 0.481 e. The molecule has 1 rings (SSSR count). The summed E-state index contributed by atoms with van der Waals surface area (Å²) >= 11 is 0. The molecule has 2 N–H and O–H groups in total. The van der Waals surface area contributed by atoms with E-state index in [1.165, 1.54) is 0 Å². The number of carboxylic acid groups (broad SMARTS) is 1. The number of hydrogen-bond donors (Lipinski definition) is 2. The molecule has 1 heterocycles. The molecule has 4 heteroatoms. The number of H-pyrrole nitrogens is 1. The van der Waals surface area contributed by atoms with Crippen LogP contribution in [0.1, 0.15) is 43.6 Å². The second-order valence-electron chi connectivity index (χ2n) is 4.98. The minimum Gasteiger partial charge on any atom is -0.481 e. The van der Waals surface area contributed by atoms with E-state index < -0.39 is 11.9 Å². The molecule has 0 aromatic carbocycles. The predicted octanol–water partition coefficient (Wildman–Crippen LogP) is 2.24. The van der Waals surface area contributed by atoms with Crippen LogP contribution in [-0.4, -0.2) is 21.3 Å². The average Bonchev–Trinajstić information content (AvgIpc) is 2.32. The summed E-state index contributed by atoms with van der Waals surface area (Å²) in [4.78, 5) is 11.3. The van der Waals surface area contributed by atoms with Gasteiger partial charge in [0.15, 0.2) is 0 Å². The van der Waals surface area contributed by atoms with Crippen molar-refractivity contribution in [2.75, 3.05) is 0 Å². The monoisotopic (exact) mass is 210 g/mol. The van der Waals surface area contributed by atoms with Gasteiger partial charge < -0.3 is 5.11 Å². The van der Waals surface area contributed by atoms with E-state index in [2.05, 4.69) is 10.2 Å². The molecule has 0 aliphatic heterocycles. The molecule has 0 aliphatic carbocycles. The predicted molar refractivity (Wildman–Crippen MR) is 57.9 cm³/mol. The van der Waals surface area contributed by atoms with Crippen molar-refractivity contribution in [3.63, 3.8) is 0 Å². The number of rotatable bonds is 2. The summed E-state index contributed by atoms with van der Waals surface area (Å²) in [7, 11) is 0. The maximum Gasteiger partial charge on any atom is 0.311 e. The molecule has 15 heavy (non-hydrogen) atoms. The summed E-state index contributed by atoms with van der Waals surface area (Å²) in [6, 6.07) is 0. The van der Waals surface area contributed by atoms with Gasteiger partial charge in [0.2, 0.25) is 0 Å². The van der Waals surface area contributed by atoms with E-state index in [1.54, 1.807) is 0 Å². The van der Waals surface area contributed by atoms with E-state index in [-0.39, 0.29) is 5.41 Å². The molecule has 0 saturated heterocycles. The number of aromatic amines is 1. The van der Waals surface area contributed by atoms with Gasteiger partial charge in [-0.1, -0.05) is 20.8 Å². The van der Waals surface area contributed by atoms with Gasteiger partial charge in [-0.2, -0.15) is 5.10 Å². The van der Waals surface area contributed by atoms with Crippen LogP contribution in [0.3, 0.4) is 0 Å². The Labute approximate surface area is 89.7 Å². The molecule has 1 atom stereocenters. The quantitative estimate of drug-likeness (QED) is 0.786. The van der Waals surface area contributed by atoms with Crippen molar-refractivity contribution < 1.29 is 9.90 Å². The minimum atomic E-state index is -0.796. The van der Waals surface area contributed by atoms with Crippen LogP contribution >= 0.6 is 0 Å². The van der Waals surface area contributed by atoms with Gasteiger partial charge in [0.05, 0.1) is 11.6 Å². The van der Waals surface area contributed by atoms with E-state index >= 15 is 0 Å². The number of aliphatic carboxylic acids is 1. The van der Waals surface area contributed by atoms with Gasteiger partial charge in [0.1, 0.15) is 0 Å². The lowest BCUT2D eigenvalue weighted by molar-refractivity contribution is -0.141. The first-order valence-corrected chi connectivity index (χ1v) is 4.99. The molecule has 0 bridgehead atoms. The number of aryl methyl sites for hydroxylation is 2. The van der Waals surface area contributed by atoms with Crippen LogP contribution in [0.5, 0.6) is 0 Å². The highest BCUT2D eigenvalue weighted by Gasteiger charge is 2.35. The minimum absolute atomic E-state index is 0.314. The standard InChI is InChI=1S/C11H18N2O2/c1-6-8(7(2)13-12-6)9(10(14)15)11(3,4)5/h9H,1-5H3,(H,12,13)(H,14,15). The third-order valence-electron chi connectivity index (χ3n) is 2.59. The summed E-state index contributed by atoms with van der Waals surface area (Å²) in [5, 5.41) is 16.2. The summed E-state index contributed by atoms with van der Waals surface area (Å²) in [5.74, 6) is -1.31. The van der Waals surface area contributed by atoms with Crippen molar-refractivity contribution in [1.29, 1.82) is 0 Å². The highest BCUT2D eigenvalue weighted by atomic mass is 16.4. The lowest BCUT2D eigenvalue weighted by atomic mass is 9.76. The molecular formula is C11H18N2O2. The number of carboxylic acids is 1. The maximum absolute atomic E-state index is 11.3. The molecule has 84 valence electrons. The first kappa shape index (κ1) is 11.8. The van der Waals surface area contributed by atoms with Gasteiger partial charge in [0, 0.05) is 11.3 Å². The Morgan fingerprint density at radius 3 is 2.20 bits per heavy atom. The zero-order valence-corrected chi connectivity index (χ0v) is 9.88. The maximum atomic E-state index is 11.3. The Hall–Kier alpha value is -1.32. The highest BCUT2D eigenvalue weighted by molar-refractivity contribution is 5.77. The summed E-state index contributed by atoms with van der Waals surface area (Å²) in [6.45, 7) is 9.48. The Morgan fingerprint density at radius 1 is 1.40 bits per heavy atom. The fourth-order valence-corrected chi connectivity index (χ4v) is 1.91. The Bertz CT molecular complexity index is 355. The topological polar surface area (TPSA) is 66.0 Å². The molecule has 1 unspecified atom stereocenters. The Balaban J connectivity index is 3.28. The first-order valence-electron chi connectivity index (χ1n) is 4.99. The number of carbonyl (C=O) groups is 1. The van der Waals surface area contributed by atoms with Crippen LogP contribution in [0.2, 0.25) is 0 Å². The Kier molecular flexibility index (Phi) is 2.88. The molecule has 0 radical (unpaired) electrons. The average molecular weight is 210 g/mol. The van der Waals surface area contributed by atoms with Crippen molar-refractivity contribution in [2.24, 2.45) is 5.41 Å². The van der Waals surface area contributed by atoms with Crippen LogP contribution in [0.15, 0.2) is 0 Å². The van der Waals surface area contributed by atoms with Crippen molar-refractivity contribution >= 4 is 5.97 Å². The molecule has 4 nitrogen and oxygen atoms in total. The molecule has 1 aromatic rings. The zero-order chi connectivity index (χ0) is 11.8.